The van der Waals surface area contributed by atoms with Crippen molar-refractivity contribution < 1.29 is 8.78 Å². The Morgan fingerprint density at radius 3 is 2.61 bits per heavy atom. The van der Waals surface area contributed by atoms with Crippen molar-refractivity contribution in [3.63, 3.8) is 0 Å². The first-order valence-electron chi connectivity index (χ1n) is 10.7. The molecule has 2 aliphatic heterocycles. The molecule has 31 heavy (non-hydrogen) atoms. The topological polar surface area (TPSA) is 52.6 Å². The first kappa shape index (κ1) is 21.3. The van der Waals surface area contributed by atoms with Crippen molar-refractivity contribution in [3.05, 3.63) is 76.4 Å². The largest absolute Gasteiger partial charge is 0.367 e. The summed E-state index contributed by atoms with van der Waals surface area (Å²) < 4.78 is 27.2. The molecule has 1 aromatic carbocycles. The Hall–Kier alpha value is -2.96. The van der Waals surface area contributed by atoms with Crippen LogP contribution in [0.4, 0.5) is 8.78 Å². The van der Waals surface area contributed by atoms with Crippen LogP contribution in [-0.2, 0) is 12.5 Å². The minimum absolute atomic E-state index is 0.0492. The lowest BCUT2D eigenvalue weighted by Gasteiger charge is -2.32. The van der Waals surface area contributed by atoms with Crippen molar-refractivity contribution >= 4 is 5.84 Å². The average Bonchev–Trinajstić information content (AvgIpc) is 3.23. The third-order valence-corrected chi connectivity index (χ3v) is 5.96. The van der Waals surface area contributed by atoms with E-state index in [9.17, 15) is 8.78 Å². The Bertz CT molecular complexity index is 975. The lowest BCUT2D eigenvalue weighted by molar-refractivity contribution is 0.0174. The molecule has 0 saturated carbocycles. The van der Waals surface area contributed by atoms with Crippen LogP contribution < -0.4 is 10.6 Å². The van der Waals surface area contributed by atoms with Gasteiger partial charge in [0, 0.05) is 43.0 Å². The molecule has 1 atom stereocenters. The zero-order chi connectivity index (χ0) is 22.0. The summed E-state index contributed by atoms with van der Waals surface area (Å²) in [6.07, 6.45) is 3.92. The molecular weight excluding hydrogens is 396 g/mol. The van der Waals surface area contributed by atoms with Crippen molar-refractivity contribution in [2.45, 2.75) is 52.1 Å². The van der Waals surface area contributed by atoms with Crippen molar-refractivity contribution in [1.82, 2.24) is 20.5 Å². The molecule has 0 radical (unpaired) electrons. The minimum atomic E-state index is -2.82. The zero-order valence-electron chi connectivity index (χ0n) is 18.3. The monoisotopic (exact) mass is 425 g/mol. The average molecular weight is 426 g/mol. The zero-order valence-corrected chi connectivity index (χ0v) is 18.3. The molecule has 1 saturated heterocycles. The molecule has 1 unspecified atom stereocenters. The van der Waals surface area contributed by atoms with Gasteiger partial charge >= 0.3 is 0 Å². The summed E-state index contributed by atoms with van der Waals surface area (Å²) in [4.78, 5) is 11.4. The molecule has 3 heterocycles. The van der Waals surface area contributed by atoms with E-state index < -0.39 is 5.92 Å². The number of benzene rings is 1. The number of nitrogens with zero attached hydrogens (tertiary/aromatic N) is 3. The number of likely N-dealkylation sites (tertiary alicyclic amines) is 1. The standard InChI is InChI=1S/C24H29F2N5/c1-16-6-7-18(13-27-16)14-28-22-17(2)23(30-15-29-22)31-12-4-5-21(31)19-8-10-20(11-9-19)24(3,25)26/h6-11,13,21,28-29H,4-5,12,14-15H2,1-3H3. The van der Waals surface area contributed by atoms with Gasteiger partial charge in [0.05, 0.1) is 6.04 Å². The Labute approximate surface area is 182 Å². The number of halogens is 2. The van der Waals surface area contributed by atoms with Gasteiger partial charge in [0.1, 0.15) is 18.3 Å². The van der Waals surface area contributed by atoms with Crippen LogP contribution in [0.1, 0.15) is 55.1 Å². The number of amidine groups is 1. The van der Waals surface area contributed by atoms with Gasteiger partial charge < -0.3 is 15.5 Å². The van der Waals surface area contributed by atoms with E-state index in [0.29, 0.717) is 13.2 Å². The van der Waals surface area contributed by atoms with Gasteiger partial charge in [-0.25, -0.2) is 13.8 Å². The Morgan fingerprint density at radius 2 is 1.94 bits per heavy atom. The predicted molar refractivity (Wildman–Crippen MR) is 119 cm³/mol. The Balaban J connectivity index is 1.50. The van der Waals surface area contributed by atoms with E-state index in [1.165, 1.54) is 0 Å². The molecule has 0 spiro atoms. The number of aryl methyl sites for hydroxylation is 1. The third-order valence-electron chi connectivity index (χ3n) is 5.96. The van der Waals surface area contributed by atoms with Crippen molar-refractivity contribution in [1.29, 1.82) is 0 Å². The van der Waals surface area contributed by atoms with Gasteiger partial charge in [0.2, 0.25) is 0 Å². The van der Waals surface area contributed by atoms with Gasteiger partial charge in [-0.15, -0.1) is 0 Å². The summed E-state index contributed by atoms with van der Waals surface area (Å²) >= 11 is 0. The van der Waals surface area contributed by atoms with E-state index in [1.54, 1.807) is 12.1 Å². The quantitative estimate of drug-likeness (QED) is 0.734. The van der Waals surface area contributed by atoms with Gasteiger partial charge in [-0.1, -0.05) is 30.3 Å². The third kappa shape index (κ3) is 4.70. The maximum absolute atomic E-state index is 13.6. The molecular formula is C24H29F2N5. The number of alkyl halides is 2. The SMILES string of the molecule is CC1=C(NCc2ccc(C)nc2)NCN=C1N1CCCC1c1ccc(C(C)(F)F)cc1. The van der Waals surface area contributed by atoms with Crippen LogP contribution in [0.5, 0.6) is 0 Å². The highest BCUT2D eigenvalue weighted by atomic mass is 19.3. The van der Waals surface area contributed by atoms with Crippen molar-refractivity contribution in [3.8, 4) is 0 Å². The molecule has 2 aromatic rings. The fourth-order valence-electron chi connectivity index (χ4n) is 4.22. The normalized spacial score (nSPS) is 19.3. The molecule has 0 bridgehead atoms. The Kier molecular flexibility index (Phi) is 5.94. The van der Waals surface area contributed by atoms with E-state index in [0.717, 1.165) is 60.4 Å². The molecule has 4 rings (SSSR count). The lowest BCUT2D eigenvalue weighted by Crippen LogP contribution is -2.40. The van der Waals surface area contributed by atoms with Gasteiger partial charge in [0.15, 0.2) is 0 Å². The minimum Gasteiger partial charge on any atom is -0.367 e. The summed E-state index contributed by atoms with van der Waals surface area (Å²) in [5.41, 5.74) is 4.28. The smallest absolute Gasteiger partial charge is 0.270 e. The van der Waals surface area contributed by atoms with Crippen LogP contribution in [-0.4, -0.2) is 28.9 Å². The number of rotatable bonds is 5. The van der Waals surface area contributed by atoms with E-state index >= 15 is 0 Å². The van der Waals surface area contributed by atoms with Gasteiger partial charge in [0.25, 0.3) is 5.92 Å². The molecule has 2 aliphatic rings. The summed E-state index contributed by atoms with van der Waals surface area (Å²) in [6, 6.07) is 11.0. The number of hydrogen-bond acceptors (Lipinski definition) is 5. The summed E-state index contributed by atoms with van der Waals surface area (Å²) in [6.45, 7) is 7.06. The summed E-state index contributed by atoms with van der Waals surface area (Å²) in [7, 11) is 0. The van der Waals surface area contributed by atoms with E-state index in [4.69, 9.17) is 4.99 Å². The molecule has 1 aromatic heterocycles. The second-order valence-electron chi connectivity index (χ2n) is 8.34. The van der Waals surface area contributed by atoms with E-state index in [1.807, 2.05) is 31.3 Å². The summed E-state index contributed by atoms with van der Waals surface area (Å²) in [5, 5.41) is 6.81. The van der Waals surface area contributed by atoms with Crippen LogP contribution in [0, 0.1) is 6.92 Å². The molecule has 1 fully saturated rings. The molecule has 164 valence electrons. The molecule has 0 amide bonds. The fraction of sp³-hybridized carbons (Fsp3) is 0.417. The fourth-order valence-corrected chi connectivity index (χ4v) is 4.22. The van der Waals surface area contributed by atoms with Crippen LogP contribution in [0.2, 0.25) is 0 Å². The predicted octanol–water partition coefficient (Wildman–Crippen LogP) is 4.62. The van der Waals surface area contributed by atoms with Crippen LogP contribution in [0.3, 0.4) is 0 Å². The van der Waals surface area contributed by atoms with Crippen LogP contribution in [0.25, 0.3) is 0 Å². The highest BCUT2D eigenvalue weighted by Gasteiger charge is 2.32. The first-order chi connectivity index (χ1) is 14.8. The van der Waals surface area contributed by atoms with Crippen LogP contribution >= 0.6 is 0 Å². The highest BCUT2D eigenvalue weighted by Crippen LogP contribution is 2.35. The maximum atomic E-state index is 13.6. The van der Waals surface area contributed by atoms with Gasteiger partial charge in [-0.3, -0.25) is 4.98 Å². The maximum Gasteiger partial charge on any atom is 0.270 e. The number of aliphatic imine (C=N–C) groups is 1. The molecule has 5 nitrogen and oxygen atoms in total. The number of pyridine rings is 1. The number of nitrogens with one attached hydrogen (secondary N) is 2. The van der Waals surface area contributed by atoms with Crippen LogP contribution in [0.15, 0.2) is 59.0 Å². The molecule has 7 heteroatoms. The van der Waals surface area contributed by atoms with Gasteiger partial charge in [-0.2, -0.15) is 0 Å². The van der Waals surface area contributed by atoms with Crippen molar-refractivity contribution in [2.75, 3.05) is 13.2 Å². The van der Waals surface area contributed by atoms with Gasteiger partial charge in [-0.05, 0) is 43.9 Å². The number of aromatic nitrogens is 1. The second-order valence-corrected chi connectivity index (χ2v) is 8.34. The lowest BCUT2D eigenvalue weighted by atomic mass is 10.0. The number of hydrogen-bond donors (Lipinski definition) is 2. The van der Waals surface area contributed by atoms with Crippen molar-refractivity contribution in [2.24, 2.45) is 4.99 Å². The first-order valence-corrected chi connectivity index (χ1v) is 10.7. The highest BCUT2D eigenvalue weighted by molar-refractivity contribution is 5.99. The second kappa shape index (κ2) is 8.65. The molecule has 2 N–H and O–H groups in total. The molecule has 0 aliphatic carbocycles. The summed E-state index contributed by atoms with van der Waals surface area (Å²) in [5.74, 6) is -0.882. The van der Waals surface area contributed by atoms with E-state index in [2.05, 4.69) is 33.5 Å². The Morgan fingerprint density at radius 1 is 1.16 bits per heavy atom. The van der Waals surface area contributed by atoms with E-state index in [-0.39, 0.29) is 11.6 Å².